The number of ether oxygens (including phenoxy) is 2. The molecular formula is C32H43ClN2O6. The molecular weight excluding hydrogens is 544 g/mol. The van der Waals surface area contributed by atoms with Crippen molar-refractivity contribution in [3.05, 3.63) is 54.6 Å². The van der Waals surface area contributed by atoms with Gasteiger partial charge in [-0.25, -0.2) is 0 Å². The number of hydrogen-bond donors (Lipinski definition) is 1. The number of allylic oxidation sites excluding steroid dienone is 1. The van der Waals surface area contributed by atoms with Gasteiger partial charge in [-0.3, -0.25) is 14.4 Å². The molecule has 0 saturated carbocycles. The fourth-order valence-electron chi connectivity index (χ4n) is 7.22. The van der Waals surface area contributed by atoms with Crippen molar-refractivity contribution in [3.63, 3.8) is 0 Å². The Balaban J connectivity index is 1.81. The van der Waals surface area contributed by atoms with Crippen LogP contribution in [0.5, 0.6) is 0 Å². The lowest BCUT2D eigenvalue weighted by molar-refractivity contribution is -0.162. The van der Waals surface area contributed by atoms with Gasteiger partial charge in [0, 0.05) is 17.3 Å². The molecule has 2 bridgehead atoms. The van der Waals surface area contributed by atoms with Gasteiger partial charge in [0.15, 0.2) is 0 Å². The zero-order valence-electron chi connectivity index (χ0n) is 24.4. The van der Waals surface area contributed by atoms with E-state index in [-0.39, 0.29) is 37.5 Å². The average Bonchev–Trinajstić information content (AvgIpc) is 3.56. The fourth-order valence-corrected chi connectivity index (χ4v) is 7.34. The minimum absolute atomic E-state index is 0.152. The first-order valence-electron chi connectivity index (χ1n) is 14.7. The first-order valence-corrected chi connectivity index (χ1v) is 15.1. The van der Waals surface area contributed by atoms with E-state index in [1.165, 1.54) is 4.90 Å². The van der Waals surface area contributed by atoms with Crippen molar-refractivity contribution in [2.45, 2.75) is 82.6 Å². The number of fused-ring (bicyclic) bond motifs is 1. The summed E-state index contributed by atoms with van der Waals surface area (Å²) in [5.74, 6) is -2.69. The largest absolute Gasteiger partial charge is 0.465 e. The molecule has 1 aromatic carbocycles. The molecule has 3 saturated heterocycles. The molecule has 6 atom stereocenters. The summed E-state index contributed by atoms with van der Waals surface area (Å²) in [7, 11) is 0. The lowest BCUT2D eigenvalue weighted by Crippen LogP contribution is -2.59. The summed E-state index contributed by atoms with van der Waals surface area (Å²) in [4.78, 5) is 45.9. The van der Waals surface area contributed by atoms with Crippen molar-refractivity contribution in [1.82, 2.24) is 4.90 Å². The number of amides is 2. The number of hydrogen-bond acceptors (Lipinski definition) is 6. The normalized spacial score (nSPS) is 29.0. The number of nitrogens with zero attached hydrogens (tertiary/aromatic N) is 2. The van der Waals surface area contributed by atoms with E-state index in [0.29, 0.717) is 49.2 Å². The third-order valence-corrected chi connectivity index (χ3v) is 9.22. The highest BCUT2D eigenvalue weighted by atomic mass is 35.5. The van der Waals surface area contributed by atoms with Crippen molar-refractivity contribution in [3.8, 4) is 0 Å². The van der Waals surface area contributed by atoms with E-state index in [9.17, 15) is 19.5 Å². The highest BCUT2D eigenvalue weighted by Gasteiger charge is 2.79. The van der Waals surface area contributed by atoms with Crippen molar-refractivity contribution in [2.24, 2.45) is 17.8 Å². The topological polar surface area (TPSA) is 96.4 Å². The Labute approximate surface area is 248 Å². The molecule has 0 radical (unpaired) electrons. The summed E-state index contributed by atoms with van der Waals surface area (Å²) in [5, 5.41) is 11.1. The minimum atomic E-state index is -1.22. The summed E-state index contributed by atoms with van der Waals surface area (Å²) in [6, 6.07) is 5.27. The van der Waals surface area contributed by atoms with E-state index in [2.05, 4.69) is 13.2 Å². The Hall–Kier alpha value is -2.68. The van der Waals surface area contributed by atoms with E-state index in [0.717, 1.165) is 0 Å². The zero-order valence-corrected chi connectivity index (χ0v) is 25.1. The molecule has 2 unspecified atom stereocenters. The molecule has 8 nitrogen and oxygen atoms in total. The third kappa shape index (κ3) is 5.46. The second-order valence-electron chi connectivity index (χ2n) is 11.9. The van der Waals surface area contributed by atoms with Crippen LogP contribution in [0.4, 0.5) is 5.69 Å². The van der Waals surface area contributed by atoms with Gasteiger partial charge in [-0.05, 0) is 68.7 Å². The molecule has 3 fully saturated rings. The van der Waals surface area contributed by atoms with Gasteiger partial charge < -0.3 is 24.4 Å². The molecule has 3 aliphatic heterocycles. The number of carbonyl (C=O) groups is 3. The van der Waals surface area contributed by atoms with E-state index >= 15 is 0 Å². The third-order valence-electron chi connectivity index (χ3n) is 8.97. The maximum atomic E-state index is 14.7. The Bertz CT molecular complexity index is 1160. The number of benzene rings is 1. The number of likely N-dealkylation sites (tertiary alicyclic amines) is 1. The van der Waals surface area contributed by atoms with Gasteiger partial charge in [-0.1, -0.05) is 44.5 Å². The Morgan fingerprint density at radius 1 is 1.24 bits per heavy atom. The van der Waals surface area contributed by atoms with Gasteiger partial charge >= 0.3 is 5.97 Å². The lowest BCUT2D eigenvalue weighted by Gasteiger charge is -2.40. The number of halogens is 1. The summed E-state index contributed by atoms with van der Waals surface area (Å²) >= 11 is 6.13. The van der Waals surface area contributed by atoms with Gasteiger partial charge in [0.1, 0.15) is 17.6 Å². The van der Waals surface area contributed by atoms with Crippen molar-refractivity contribution in [1.29, 1.82) is 0 Å². The summed E-state index contributed by atoms with van der Waals surface area (Å²) in [6.45, 7) is 13.6. The molecule has 3 aliphatic rings. The quantitative estimate of drug-likeness (QED) is 0.189. The molecule has 1 aromatic rings. The second-order valence-corrected chi connectivity index (χ2v) is 12.3. The second kappa shape index (κ2) is 12.7. The van der Waals surface area contributed by atoms with Gasteiger partial charge in [-0.15, -0.1) is 13.2 Å². The number of rotatable bonds is 14. The molecule has 0 aromatic heterocycles. The van der Waals surface area contributed by atoms with Crippen LogP contribution in [0, 0.1) is 17.8 Å². The van der Waals surface area contributed by atoms with Crippen molar-refractivity contribution >= 4 is 35.1 Å². The highest BCUT2D eigenvalue weighted by molar-refractivity contribution is 6.30. The number of unbranched alkanes of at least 4 members (excludes halogenated alkanes) is 1. The van der Waals surface area contributed by atoms with Crippen LogP contribution in [0.1, 0.15) is 59.3 Å². The SMILES string of the molecule is C=CCCCOC(=O)[C@@H]1[C@H]2C(=O)N([C@@H](CO)CC(C)C)C(C(=O)N(CC=C)c3ccc(Cl)cc3)C23CC[C@@]1(CC)O3. The zero-order chi connectivity index (χ0) is 29.9. The van der Waals surface area contributed by atoms with Crippen LogP contribution in [0.15, 0.2) is 49.6 Å². The Morgan fingerprint density at radius 2 is 1.95 bits per heavy atom. The van der Waals surface area contributed by atoms with E-state index < -0.39 is 41.1 Å². The summed E-state index contributed by atoms with van der Waals surface area (Å²) in [6.07, 6.45) is 6.73. The van der Waals surface area contributed by atoms with Crippen LogP contribution in [0.25, 0.3) is 0 Å². The minimum Gasteiger partial charge on any atom is -0.465 e. The van der Waals surface area contributed by atoms with Crippen LogP contribution in [-0.2, 0) is 23.9 Å². The lowest BCUT2D eigenvalue weighted by atomic mass is 9.65. The monoisotopic (exact) mass is 586 g/mol. The molecule has 0 aliphatic carbocycles. The molecule has 3 heterocycles. The first-order chi connectivity index (χ1) is 19.6. The van der Waals surface area contributed by atoms with E-state index in [1.54, 1.807) is 41.3 Å². The number of aliphatic hydroxyl groups is 1. The Kier molecular flexibility index (Phi) is 9.66. The van der Waals surface area contributed by atoms with Crippen LogP contribution in [0.3, 0.4) is 0 Å². The van der Waals surface area contributed by atoms with Crippen LogP contribution < -0.4 is 4.90 Å². The molecule has 9 heteroatoms. The number of esters is 1. The smallest absolute Gasteiger partial charge is 0.312 e. The summed E-state index contributed by atoms with van der Waals surface area (Å²) in [5.41, 5.74) is -1.51. The van der Waals surface area contributed by atoms with Crippen LogP contribution in [-0.4, -0.2) is 70.8 Å². The van der Waals surface area contributed by atoms with Gasteiger partial charge in [0.05, 0.1) is 30.8 Å². The predicted octanol–water partition coefficient (Wildman–Crippen LogP) is 4.93. The van der Waals surface area contributed by atoms with Gasteiger partial charge in [-0.2, -0.15) is 0 Å². The highest BCUT2D eigenvalue weighted by Crippen LogP contribution is 2.65. The van der Waals surface area contributed by atoms with Crippen molar-refractivity contribution < 1.29 is 29.0 Å². The fraction of sp³-hybridized carbons (Fsp3) is 0.594. The maximum Gasteiger partial charge on any atom is 0.312 e. The summed E-state index contributed by atoms with van der Waals surface area (Å²) < 4.78 is 12.5. The predicted molar refractivity (Wildman–Crippen MR) is 158 cm³/mol. The maximum absolute atomic E-state index is 14.7. The van der Waals surface area contributed by atoms with Crippen molar-refractivity contribution in [2.75, 3.05) is 24.7 Å². The van der Waals surface area contributed by atoms with Gasteiger partial charge in [0.25, 0.3) is 5.91 Å². The number of aliphatic hydroxyl groups excluding tert-OH is 1. The average molecular weight is 587 g/mol. The van der Waals surface area contributed by atoms with E-state index in [1.807, 2.05) is 20.8 Å². The first kappa shape index (κ1) is 31.3. The van der Waals surface area contributed by atoms with E-state index in [4.69, 9.17) is 21.1 Å². The molecule has 1 N–H and O–H groups in total. The molecule has 2 amide bonds. The molecule has 224 valence electrons. The van der Waals surface area contributed by atoms with Crippen LogP contribution in [0.2, 0.25) is 5.02 Å². The standard InChI is InChI=1S/C32H43ClN2O6/c1-6-9-10-18-40-30(39)26-25-28(37)35(24(20-36)19-21(4)5)27(32(25)16-15-31(26,8-3)41-32)29(38)34(17-7-2)23-13-11-22(33)12-14-23/h6-7,11-14,21,24-27,36H,1-2,8-10,15-20H2,3-5H3/t24-,25+,26+,27?,31-,32?/m1/s1. The van der Waals surface area contributed by atoms with Gasteiger partial charge in [0.2, 0.25) is 5.91 Å². The van der Waals surface area contributed by atoms with Crippen LogP contribution >= 0.6 is 11.6 Å². The number of carbonyl (C=O) groups excluding carboxylic acids is 3. The number of anilines is 1. The Morgan fingerprint density at radius 3 is 2.54 bits per heavy atom. The molecule has 4 rings (SSSR count). The molecule has 1 spiro atoms. The molecule has 41 heavy (non-hydrogen) atoms.